The van der Waals surface area contributed by atoms with E-state index >= 15 is 0 Å². The number of hydrogen-bond donors (Lipinski definition) is 3. The lowest BCUT2D eigenvalue weighted by Gasteiger charge is -2.08. The van der Waals surface area contributed by atoms with Crippen molar-refractivity contribution in [3.05, 3.63) is 54.6 Å². The second-order valence-corrected chi connectivity index (χ2v) is 4.51. The third-order valence-corrected chi connectivity index (χ3v) is 2.80. The van der Waals surface area contributed by atoms with E-state index in [9.17, 15) is 9.59 Å². The number of carboxylic acid groups (broad SMARTS) is 1. The van der Waals surface area contributed by atoms with E-state index in [1.807, 2.05) is 42.5 Å². The van der Waals surface area contributed by atoms with Crippen molar-refractivity contribution in [2.45, 2.75) is 12.8 Å². The monoisotopic (exact) mass is 284 g/mol. The van der Waals surface area contributed by atoms with E-state index in [0.29, 0.717) is 5.69 Å². The molecule has 0 fully saturated rings. The summed E-state index contributed by atoms with van der Waals surface area (Å²) in [5, 5.41) is 14.4. The maximum atomic E-state index is 11.5. The van der Waals surface area contributed by atoms with Crippen LogP contribution in [0.4, 0.5) is 17.1 Å². The normalized spacial score (nSPS) is 9.90. The highest BCUT2D eigenvalue weighted by Gasteiger charge is 2.05. The van der Waals surface area contributed by atoms with Gasteiger partial charge in [0.2, 0.25) is 5.91 Å². The van der Waals surface area contributed by atoms with Crippen molar-refractivity contribution in [2.24, 2.45) is 0 Å². The molecule has 0 aliphatic heterocycles. The van der Waals surface area contributed by atoms with Gasteiger partial charge >= 0.3 is 5.97 Å². The molecule has 0 unspecified atom stereocenters. The average Bonchev–Trinajstić information content (AvgIpc) is 2.48. The molecule has 5 nitrogen and oxygen atoms in total. The van der Waals surface area contributed by atoms with Gasteiger partial charge in [0.1, 0.15) is 0 Å². The number of carbonyl (C=O) groups is 2. The Bertz CT molecular complexity index is 609. The summed E-state index contributed by atoms with van der Waals surface area (Å²) in [7, 11) is 0. The lowest BCUT2D eigenvalue weighted by Crippen LogP contribution is -2.13. The Morgan fingerprint density at radius 2 is 1.38 bits per heavy atom. The molecule has 0 aliphatic rings. The molecule has 2 aromatic carbocycles. The second kappa shape index (κ2) is 7.09. The van der Waals surface area contributed by atoms with Gasteiger partial charge in [0.15, 0.2) is 0 Å². The topological polar surface area (TPSA) is 78.4 Å². The van der Waals surface area contributed by atoms with Gasteiger partial charge in [-0.05, 0) is 36.4 Å². The van der Waals surface area contributed by atoms with E-state index in [2.05, 4.69) is 10.6 Å². The van der Waals surface area contributed by atoms with Crippen molar-refractivity contribution in [1.82, 2.24) is 0 Å². The highest BCUT2D eigenvalue weighted by atomic mass is 16.4. The van der Waals surface area contributed by atoms with Crippen LogP contribution >= 0.6 is 0 Å². The van der Waals surface area contributed by atoms with Crippen molar-refractivity contribution in [1.29, 1.82) is 0 Å². The molecule has 0 aliphatic carbocycles. The van der Waals surface area contributed by atoms with Gasteiger partial charge in [0.05, 0.1) is 6.42 Å². The van der Waals surface area contributed by atoms with E-state index in [0.717, 1.165) is 11.4 Å². The molecular formula is C16H16N2O3. The molecule has 0 bridgehead atoms. The second-order valence-electron chi connectivity index (χ2n) is 4.51. The standard InChI is InChI=1S/C16H16N2O3/c19-15(10-11-16(20)21)18-14-8-6-13(7-9-14)17-12-4-2-1-3-5-12/h1-9,17H,10-11H2,(H,18,19)(H,20,21). The summed E-state index contributed by atoms with van der Waals surface area (Å²) < 4.78 is 0. The van der Waals surface area contributed by atoms with Crippen LogP contribution in [-0.2, 0) is 9.59 Å². The van der Waals surface area contributed by atoms with Gasteiger partial charge in [-0.1, -0.05) is 18.2 Å². The fourth-order valence-corrected chi connectivity index (χ4v) is 1.77. The first-order valence-corrected chi connectivity index (χ1v) is 6.57. The van der Waals surface area contributed by atoms with Crippen molar-refractivity contribution < 1.29 is 14.7 Å². The highest BCUT2D eigenvalue weighted by Crippen LogP contribution is 2.18. The van der Waals surface area contributed by atoms with Gasteiger partial charge in [0, 0.05) is 23.5 Å². The van der Waals surface area contributed by atoms with E-state index in [1.54, 1.807) is 12.1 Å². The van der Waals surface area contributed by atoms with Crippen molar-refractivity contribution in [3.63, 3.8) is 0 Å². The summed E-state index contributed by atoms with van der Waals surface area (Å²) >= 11 is 0. The SMILES string of the molecule is O=C(O)CCC(=O)Nc1ccc(Nc2ccccc2)cc1. The maximum Gasteiger partial charge on any atom is 0.303 e. The van der Waals surface area contributed by atoms with Crippen molar-refractivity contribution in [2.75, 3.05) is 10.6 Å². The van der Waals surface area contributed by atoms with Gasteiger partial charge in [-0.15, -0.1) is 0 Å². The zero-order valence-corrected chi connectivity index (χ0v) is 11.4. The van der Waals surface area contributed by atoms with Crippen LogP contribution in [0.25, 0.3) is 0 Å². The largest absolute Gasteiger partial charge is 0.481 e. The summed E-state index contributed by atoms with van der Waals surface area (Å²) in [4.78, 5) is 21.9. The Kier molecular flexibility index (Phi) is 4.93. The molecular weight excluding hydrogens is 268 g/mol. The molecule has 21 heavy (non-hydrogen) atoms. The van der Waals surface area contributed by atoms with Crippen LogP contribution < -0.4 is 10.6 Å². The van der Waals surface area contributed by atoms with E-state index in [-0.39, 0.29) is 18.7 Å². The fourth-order valence-electron chi connectivity index (χ4n) is 1.77. The number of para-hydroxylation sites is 1. The van der Waals surface area contributed by atoms with Crippen LogP contribution in [0, 0.1) is 0 Å². The zero-order chi connectivity index (χ0) is 15.1. The molecule has 2 rings (SSSR count). The molecule has 2 aromatic rings. The summed E-state index contributed by atoms with van der Waals surface area (Å²) in [6, 6.07) is 17.0. The average molecular weight is 284 g/mol. The van der Waals surface area contributed by atoms with Crippen LogP contribution in [-0.4, -0.2) is 17.0 Å². The van der Waals surface area contributed by atoms with Crippen LogP contribution in [0.1, 0.15) is 12.8 Å². The number of amides is 1. The quantitative estimate of drug-likeness (QED) is 0.761. The minimum Gasteiger partial charge on any atom is -0.481 e. The highest BCUT2D eigenvalue weighted by molar-refractivity contribution is 5.92. The Morgan fingerprint density at radius 3 is 2.00 bits per heavy atom. The fraction of sp³-hybridized carbons (Fsp3) is 0.125. The molecule has 0 saturated carbocycles. The number of benzene rings is 2. The summed E-state index contributed by atoms with van der Waals surface area (Å²) in [6.45, 7) is 0. The van der Waals surface area contributed by atoms with Crippen LogP contribution in [0.3, 0.4) is 0 Å². The Hall–Kier alpha value is -2.82. The number of rotatable bonds is 6. The molecule has 0 saturated heterocycles. The summed E-state index contributed by atoms with van der Waals surface area (Å²) in [5.74, 6) is -1.28. The number of aliphatic carboxylic acids is 1. The number of nitrogens with one attached hydrogen (secondary N) is 2. The maximum absolute atomic E-state index is 11.5. The first-order chi connectivity index (χ1) is 10.1. The van der Waals surface area contributed by atoms with Crippen LogP contribution in [0.15, 0.2) is 54.6 Å². The molecule has 5 heteroatoms. The lowest BCUT2D eigenvalue weighted by atomic mass is 10.2. The summed E-state index contributed by atoms with van der Waals surface area (Å²) in [6.07, 6.45) is -0.196. The van der Waals surface area contributed by atoms with Gasteiger partial charge in [0.25, 0.3) is 0 Å². The number of carboxylic acids is 1. The first-order valence-electron chi connectivity index (χ1n) is 6.57. The minimum atomic E-state index is -0.979. The molecule has 0 spiro atoms. The van der Waals surface area contributed by atoms with Crippen molar-refractivity contribution >= 4 is 28.9 Å². The number of carbonyl (C=O) groups excluding carboxylic acids is 1. The van der Waals surface area contributed by atoms with Gasteiger partial charge < -0.3 is 15.7 Å². The van der Waals surface area contributed by atoms with Crippen molar-refractivity contribution in [3.8, 4) is 0 Å². The number of anilines is 3. The van der Waals surface area contributed by atoms with Gasteiger partial charge in [-0.3, -0.25) is 9.59 Å². The Balaban J connectivity index is 1.90. The molecule has 108 valence electrons. The molecule has 0 radical (unpaired) electrons. The minimum absolute atomic E-state index is 0.0284. The van der Waals surface area contributed by atoms with E-state index in [4.69, 9.17) is 5.11 Å². The Morgan fingerprint density at radius 1 is 0.810 bits per heavy atom. The van der Waals surface area contributed by atoms with E-state index < -0.39 is 5.97 Å². The van der Waals surface area contributed by atoms with Gasteiger partial charge in [-0.2, -0.15) is 0 Å². The zero-order valence-electron chi connectivity index (χ0n) is 11.4. The number of hydrogen-bond acceptors (Lipinski definition) is 3. The molecule has 0 heterocycles. The molecule has 3 N–H and O–H groups in total. The molecule has 0 atom stereocenters. The summed E-state index contributed by atoms with van der Waals surface area (Å²) in [5.41, 5.74) is 2.53. The predicted octanol–water partition coefficient (Wildman–Crippen LogP) is 3.23. The smallest absolute Gasteiger partial charge is 0.303 e. The Labute approximate surface area is 122 Å². The first kappa shape index (κ1) is 14.6. The third-order valence-electron chi connectivity index (χ3n) is 2.80. The third kappa shape index (κ3) is 4.99. The molecule has 0 aromatic heterocycles. The predicted molar refractivity (Wildman–Crippen MR) is 81.7 cm³/mol. The molecule has 1 amide bonds. The van der Waals surface area contributed by atoms with Gasteiger partial charge in [-0.25, -0.2) is 0 Å². The lowest BCUT2D eigenvalue weighted by molar-refractivity contribution is -0.138. The van der Waals surface area contributed by atoms with Crippen LogP contribution in [0.5, 0.6) is 0 Å². The van der Waals surface area contributed by atoms with Crippen LogP contribution in [0.2, 0.25) is 0 Å². The van der Waals surface area contributed by atoms with E-state index in [1.165, 1.54) is 0 Å².